The molecule has 21 heavy (non-hydrogen) atoms. The van der Waals surface area contributed by atoms with Crippen LogP contribution in [-0.4, -0.2) is 7.05 Å². The molecule has 0 saturated carbocycles. The van der Waals surface area contributed by atoms with E-state index in [9.17, 15) is 0 Å². The van der Waals surface area contributed by atoms with Gasteiger partial charge in [0.15, 0.2) is 0 Å². The highest BCUT2D eigenvalue weighted by molar-refractivity contribution is 7.17. The van der Waals surface area contributed by atoms with Gasteiger partial charge in [-0.25, -0.2) is 0 Å². The molecule has 1 N–H and O–H groups in total. The Morgan fingerprint density at radius 1 is 1.00 bits per heavy atom. The average molecular weight is 295 g/mol. The Morgan fingerprint density at radius 3 is 2.52 bits per heavy atom. The maximum atomic E-state index is 3.56. The van der Waals surface area contributed by atoms with Gasteiger partial charge in [-0.1, -0.05) is 55.5 Å². The van der Waals surface area contributed by atoms with Crippen molar-refractivity contribution >= 4 is 21.4 Å². The standard InChI is InChI=1S/C19H21NS/c1-3-16(14-8-5-4-6-9-14)18(20-2)17-11-7-10-15-12-13-21-19(15)17/h4-13,16,18,20H,3H2,1-2H3. The van der Waals surface area contributed by atoms with Crippen LogP contribution in [-0.2, 0) is 0 Å². The second-order valence-electron chi connectivity index (χ2n) is 5.38. The van der Waals surface area contributed by atoms with Crippen molar-refractivity contribution in [3.63, 3.8) is 0 Å². The smallest absolute Gasteiger partial charge is 0.0401 e. The molecule has 0 aliphatic carbocycles. The summed E-state index contributed by atoms with van der Waals surface area (Å²) in [5.41, 5.74) is 2.83. The van der Waals surface area contributed by atoms with Crippen molar-refractivity contribution in [1.82, 2.24) is 5.32 Å². The van der Waals surface area contributed by atoms with Crippen LogP contribution in [0.3, 0.4) is 0 Å². The summed E-state index contributed by atoms with van der Waals surface area (Å²) in [7, 11) is 2.07. The molecule has 2 heteroatoms. The van der Waals surface area contributed by atoms with Crippen molar-refractivity contribution in [2.45, 2.75) is 25.3 Å². The lowest BCUT2D eigenvalue weighted by Gasteiger charge is -2.27. The van der Waals surface area contributed by atoms with E-state index in [1.165, 1.54) is 21.2 Å². The first-order chi connectivity index (χ1) is 10.3. The highest BCUT2D eigenvalue weighted by Crippen LogP contribution is 2.38. The Morgan fingerprint density at radius 2 is 1.81 bits per heavy atom. The van der Waals surface area contributed by atoms with Crippen LogP contribution < -0.4 is 5.32 Å². The van der Waals surface area contributed by atoms with E-state index in [4.69, 9.17) is 0 Å². The average Bonchev–Trinajstić information content (AvgIpc) is 3.02. The lowest BCUT2D eigenvalue weighted by atomic mass is 9.85. The number of rotatable bonds is 5. The molecular weight excluding hydrogens is 274 g/mol. The zero-order chi connectivity index (χ0) is 14.7. The molecule has 0 aliphatic heterocycles. The molecule has 3 aromatic rings. The molecule has 0 saturated heterocycles. The van der Waals surface area contributed by atoms with Crippen LogP contribution in [0.1, 0.15) is 36.4 Å². The molecule has 2 atom stereocenters. The van der Waals surface area contributed by atoms with Gasteiger partial charge in [0.2, 0.25) is 0 Å². The van der Waals surface area contributed by atoms with Gasteiger partial charge < -0.3 is 5.32 Å². The van der Waals surface area contributed by atoms with Crippen molar-refractivity contribution in [3.8, 4) is 0 Å². The first-order valence-corrected chi connectivity index (χ1v) is 8.41. The number of fused-ring (bicyclic) bond motifs is 1. The molecule has 0 fully saturated rings. The molecule has 2 unspecified atom stereocenters. The number of hydrogen-bond acceptors (Lipinski definition) is 2. The predicted molar refractivity (Wildman–Crippen MR) is 93.1 cm³/mol. The maximum Gasteiger partial charge on any atom is 0.0401 e. The Bertz CT molecular complexity index is 702. The number of benzene rings is 2. The summed E-state index contributed by atoms with van der Waals surface area (Å²) in [4.78, 5) is 0. The van der Waals surface area contributed by atoms with E-state index in [0.717, 1.165) is 6.42 Å². The Balaban J connectivity index is 2.06. The van der Waals surface area contributed by atoms with Crippen LogP contribution in [0.2, 0.25) is 0 Å². The fourth-order valence-electron chi connectivity index (χ4n) is 3.20. The quantitative estimate of drug-likeness (QED) is 0.668. The molecule has 2 aromatic carbocycles. The fourth-order valence-corrected chi connectivity index (χ4v) is 4.15. The van der Waals surface area contributed by atoms with Gasteiger partial charge in [-0.15, -0.1) is 11.3 Å². The predicted octanol–water partition coefficient (Wildman–Crippen LogP) is 5.36. The molecule has 3 rings (SSSR count). The lowest BCUT2D eigenvalue weighted by molar-refractivity contribution is 0.471. The van der Waals surface area contributed by atoms with Crippen LogP contribution in [0.15, 0.2) is 60.0 Å². The van der Waals surface area contributed by atoms with Gasteiger partial charge in [-0.3, -0.25) is 0 Å². The minimum Gasteiger partial charge on any atom is -0.312 e. The molecule has 0 radical (unpaired) electrons. The second kappa shape index (κ2) is 6.42. The van der Waals surface area contributed by atoms with E-state index >= 15 is 0 Å². The van der Waals surface area contributed by atoms with Crippen molar-refractivity contribution in [3.05, 3.63) is 71.1 Å². The van der Waals surface area contributed by atoms with E-state index in [2.05, 4.69) is 79.3 Å². The molecule has 1 nitrogen and oxygen atoms in total. The summed E-state index contributed by atoms with van der Waals surface area (Å²) in [6, 6.07) is 20.0. The number of nitrogens with one attached hydrogen (secondary N) is 1. The van der Waals surface area contributed by atoms with E-state index in [0.29, 0.717) is 12.0 Å². The van der Waals surface area contributed by atoms with E-state index in [-0.39, 0.29) is 0 Å². The molecule has 0 aliphatic rings. The zero-order valence-corrected chi connectivity index (χ0v) is 13.4. The summed E-state index contributed by atoms with van der Waals surface area (Å²) < 4.78 is 1.41. The van der Waals surface area contributed by atoms with Gasteiger partial charge >= 0.3 is 0 Å². The highest BCUT2D eigenvalue weighted by Gasteiger charge is 2.23. The van der Waals surface area contributed by atoms with E-state index < -0.39 is 0 Å². The van der Waals surface area contributed by atoms with Gasteiger partial charge in [-0.2, -0.15) is 0 Å². The first-order valence-electron chi connectivity index (χ1n) is 7.53. The van der Waals surface area contributed by atoms with Crippen LogP contribution in [0, 0.1) is 0 Å². The summed E-state index contributed by atoms with van der Waals surface area (Å²) >= 11 is 1.84. The molecule has 0 amide bonds. The monoisotopic (exact) mass is 295 g/mol. The van der Waals surface area contributed by atoms with Gasteiger partial charge in [0, 0.05) is 16.7 Å². The third-order valence-corrected chi connectivity index (χ3v) is 5.20. The number of likely N-dealkylation sites (N-methyl/N-ethyl adjacent to an activating group) is 1. The van der Waals surface area contributed by atoms with Gasteiger partial charge in [-0.05, 0) is 41.4 Å². The molecule has 108 valence electrons. The van der Waals surface area contributed by atoms with Crippen molar-refractivity contribution in [1.29, 1.82) is 0 Å². The van der Waals surface area contributed by atoms with Crippen molar-refractivity contribution in [2.24, 2.45) is 0 Å². The van der Waals surface area contributed by atoms with Crippen molar-refractivity contribution < 1.29 is 0 Å². The number of hydrogen-bond donors (Lipinski definition) is 1. The third kappa shape index (κ3) is 2.74. The second-order valence-corrected chi connectivity index (χ2v) is 6.29. The molecule has 1 aromatic heterocycles. The van der Waals surface area contributed by atoms with E-state index in [1.807, 2.05) is 11.3 Å². The third-order valence-electron chi connectivity index (χ3n) is 4.23. The SMILES string of the molecule is CCC(c1ccccc1)C(NC)c1cccc2ccsc12. The summed E-state index contributed by atoms with van der Waals surface area (Å²) in [6.45, 7) is 2.27. The van der Waals surface area contributed by atoms with Gasteiger partial charge in [0.05, 0.1) is 0 Å². The molecule has 1 heterocycles. The Labute approximate surface area is 130 Å². The zero-order valence-electron chi connectivity index (χ0n) is 12.5. The lowest BCUT2D eigenvalue weighted by Crippen LogP contribution is -2.23. The first kappa shape index (κ1) is 14.3. The minimum atomic E-state index is 0.347. The molecule has 0 spiro atoms. The van der Waals surface area contributed by atoms with Crippen LogP contribution in [0.5, 0.6) is 0 Å². The highest BCUT2D eigenvalue weighted by atomic mass is 32.1. The van der Waals surface area contributed by atoms with Crippen LogP contribution in [0.25, 0.3) is 10.1 Å². The minimum absolute atomic E-state index is 0.347. The molecule has 0 bridgehead atoms. The van der Waals surface area contributed by atoms with Crippen molar-refractivity contribution in [2.75, 3.05) is 7.05 Å². The van der Waals surface area contributed by atoms with Gasteiger partial charge in [0.1, 0.15) is 0 Å². The van der Waals surface area contributed by atoms with E-state index in [1.54, 1.807) is 0 Å². The summed E-state index contributed by atoms with van der Waals surface area (Å²) in [5, 5.41) is 7.09. The van der Waals surface area contributed by atoms with Crippen LogP contribution in [0.4, 0.5) is 0 Å². The van der Waals surface area contributed by atoms with Gasteiger partial charge in [0.25, 0.3) is 0 Å². The van der Waals surface area contributed by atoms with Crippen LogP contribution >= 0.6 is 11.3 Å². The largest absolute Gasteiger partial charge is 0.312 e. The Kier molecular flexibility index (Phi) is 4.37. The molecular formula is C19H21NS. The topological polar surface area (TPSA) is 12.0 Å². The summed E-state index contributed by atoms with van der Waals surface area (Å²) in [6.07, 6.45) is 1.12. The number of thiophene rings is 1. The fraction of sp³-hybridized carbons (Fsp3) is 0.263. The normalized spacial score (nSPS) is 14.2. The Hall–Kier alpha value is -1.64. The maximum absolute atomic E-state index is 3.56. The summed E-state index contributed by atoms with van der Waals surface area (Å²) in [5.74, 6) is 0.490.